The van der Waals surface area contributed by atoms with Crippen LogP contribution in [0.1, 0.15) is 46.5 Å². The van der Waals surface area contributed by atoms with Gasteiger partial charge in [0.2, 0.25) is 0 Å². The van der Waals surface area contributed by atoms with Crippen molar-refractivity contribution in [2.24, 2.45) is 23.2 Å². The molecule has 6 nitrogen and oxygen atoms in total. The van der Waals surface area contributed by atoms with Gasteiger partial charge in [0.05, 0.1) is 12.7 Å². The highest BCUT2D eigenvalue weighted by molar-refractivity contribution is 6.15. The number of esters is 1. The molecule has 5 atom stereocenters. The van der Waals surface area contributed by atoms with E-state index in [1.807, 2.05) is 0 Å². The van der Waals surface area contributed by atoms with Crippen molar-refractivity contribution < 1.29 is 19.4 Å². The van der Waals surface area contributed by atoms with Crippen LogP contribution in [-0.4, -0.2) is 61.2 Å². The van der Waals surface area contributed by atoms with Crippen molar-refractivity contribution in [3.05, 3.63) is 33.6 Å². The Morgan fingerprint density at radius 3 is 2.77 bits per heavy atom. The Labute approximate surface area is 184 Å². The minimum Gasteiger partial charge on any atom is -0.465 e. The van der Waals surface area contributed by atoms with Crippen LogP contribution in [0.3, 0.4) is 0 Å². The SMILES string of the molecule is CCNC1=C2C(CCO)=C(C(=O)OC)C3=C2[C@]2(C)[C@H](CC1)CN1C[C@H](C)[C@@H](C[C@@H]12)C3=O. The van der Waals surface area contributed by atoms with Gasteiger partial charge in [0.1, 0.15) is 0 Å². The van der Waals surface area contributed by atoms with Gasteiger partial charge in [-0.3, -0.25) is 9.69 Å². The first-order chi connectivity index (χ1) is 14.9. The van der Waals surface area contributed by atoms with Gasteiger partial charge in [-0.05, 0) is 55.6 Å². The molecule has 2 saturated heterocycles. The second-order valence-electron chi connectivity index (χ2n) is 10.1. The van der Waals surface area contributed by atoms with Crippen molar-refractivity contribution in [3.63, 3.8) is 0 Å². The van der Waals surface area contributed by atoms with Gasteiger partial charge >= 0.3 is 5.97 Å². The first-order valence-corrected chi connectivity index (χ1v) is 11.8. The quantitative estimate of drug-likeness (QED) is 0.657. The van der Waals surface area contributed by atoms with E-state index in [4.69, 9.17) is 4.74 Å². The average Bonchev–Trinajstić information content (AvgIpc) is 3.16. The first kappa shape index (κ1) is 21.0. The number of ether oxygens (including phenoxy) is 1. The highest BCUT2D eigenvalue weighted by atomic mass is 16.5. The van der Waals surface area contributed by atoms with Gasteiger partial charge in [-0.25, -0.2) is 4.79 Å². The summed E-state index contributed by atoms with van der Waals surface area (Å²) in [6.45, 7) is 9.33. The monoisotopic (exact) mass is 426 g/mol. The summed E-state index contributed by atoms with van der Waals surface area (Å²) in [5, 5.41) is 13.5. The molecule has 0 amide bonds. The van der Waals surface area contributed by atoms with E-state index in [-0.39, 0.29) is 29.6 Å². The summed E-state index contributed by atoms with van der Waals surface area (Å²) in [7, 11) is 1.38. The number of nitrogens with one attached hydrogen (secondary N) is 1. The number of fused-ring (bicyclic) bond motifs is 1. The molecule has 0 unspecified atom stereocenters. The van der Waals surface area contributed by atoms with E-state index in [2.05, 4.69) is 31.0 Å². The Morgan fingerprint density at radius 1 is 1.32 bits per heavy atom. The first-order valence-electron chi connectivity index (χ1n) is 11.8. The number of methoxy groups -OCH3 is 1. The molecule has 6 heteroatoms. The third-order valence-electron chi connectivity index (χ3n) is 8.78. The minimum atomic E-state index is -0.449. The molecule has 2 bridgehead atoms. The standard InChI is InChI=1S/C25H34N2O4/c1-5-26-17-7-6-14-12-27-11-13(2)16-10-18(27)25(14,3)22-19(17)15(8-9-28)20(24(30)31-4)21(22)23(16)29/h13-14,16,18,26,28H,5-12H2,1-4H3/t13-,14+,16+,18+,25+/m0/s1. The van der Waals surface area contributed by atoms with E-state index in [0.717, 1.165) is 61.3 Å². The zero-order chi connectivity index (χ0) is 22.1. The van der Waals surface area contributed by atoms with Gasteiger partial charge < -0.3 is 15.2 Å². The van der Waals surface area contributed by atoms with Crippen molar-refractivity contribution in [2.75, 3.05) is 33.4 Å². The summed E-state index contributed by atoms with van der Waals surface area (Å²) in [5.41, 5.74) is 4.88. The van der Waals surface area contributed by atoms with Crippen molar-refractivity contribution in [3.8, 4) is 0 Å². The molecule has 5 aliphatic rings. The smallest absolute Gasteiger partial charge is 0.338 e. The molecule has 168 valence electrons. The van der Waals surface area contributed by atoms with E-state index in [1.54, 1.807) is 0 Å². The van der Waals surface area contributed by atoms with Gasteiger partial charge in [0.15, 0.2) is 5.78 Å². The predicted molar refractivity (Wildman–Crippen MR) is 117 cm³/mol. The van der Waals surface area contributed by atoms with Crippen LogP contribution in [0.5, 0.6) is 0 Å². The van der Waals surface area contributed by atoms with Crippen LogP contribution in [0.25, 0.3) is 0 Å². The molecule has 0 saturated carbocycles. The molecular weight excluding hydrogens is 392 g/mol. The lowest BCUT2D eigenvalue weighted by atomic mass is 9.65. The molecule has 2 aliphatic heterocycles. The highest BCUT2D eigenvalue weighted by Gasteiger charge is 2.62. The van der Waals surface area contributed by atoms with Gasteiger partial charge in [-0.2, -0.15) is 0 Å². The molecule has 0 radical (unpaired) electrons. The normalized spacial score (nSPS) is 36.7. The fourth-order valence-corrected chi connectivity index (χ4v) is 7.45. The van der Waals surface area contributed by atoms with E-state index in [9.17, 15) is 14.7 Å². The molecule has 2 N–H and O–H groups in total. The number of carbonyl (C=O) groups is 2. The van der Waals surface area contributed by atoms with Gasteiger partial charge in [-0.15, -0.1) is 0 Å². The number of nitrogens with zero attached hydrogens (tertiary/aromatic N) is 1. The maximum absolute atomic E-state index is 14.1. The Balaban J connectivity index is 1.86. The number of aliphatic hydroxyl groups excluding tert-OH is 1. The van der Waals surface area contributed by atoms with Crippen LogP contribution in [-0.2, 0) is 14.3 Å². The molecule has 0 aromatic heterocycles. The fraction of sp³-hybridized carbons (Fsp3) is 0.680. The Bertz CT molecular complexity index is 945. The summed E-state index contributed by atoms with van der Waals surface area (Å²) in [6.07, 6.45) is 3.19. The number of ketones is 1. The summed E-state index contributed by atoms with van der Waals surface area (Å²) in [6, 6.07) is 0.318. The van der Waals surface area contributed by atoms with Gasteiger partial charge in [-0.1, -0.05) is 13.8 Å². The van der Waals surface area contributed by atoms with Crippen LogP contribution in [0, 0.1) is 23.2 Å². The molecule has 31 heavy (non-hydrogen) atoms. The number of aliphatic hydroxyl groups is 1. The molecule has 0 spiro atoms. The van der Waals surface area contributed by atoms with Crippen LogP contribution >= 0.6 is 0 Å². The average molecular weight is 427 g/mol. The molecule has 0 aromatic carbocycles. The lowest BCUT2D eigenvalue weighted by Gasteiger charge is -2.43. The molecule has 5 rings (SSSR count). The summed E-state index contributed by atoms with van der Waals surface area (Å²) < 4.78 is 5.21. The van der Waals surface area contributed by atoms with E-state index < -0.39 is 5.97 Å². The molecule has 2 heterocycles. The zero-order valence-electron chi connectivity index (χ0n) is 19.1. The summed E-state index contributed by atoms with van der Waals surface area (Å²) in [5.74, 6) is 0.303. The third kappa shape index (κ3) is 2.64. The highest BCUT2D eigenvalue weighted by Crippen LogP contribution is 2.63. The largest absolute Gasteiger partial charge is 0.465 e. The topological polar surface area (TPSA) is 78.9 Å². The van der Waals surface area contributed by atoms with Gasteiger partial charge in [0.25, 0.3) is 0 Å². The lowest BCUT2D eigenvalue weighted by Crippen LogP contribution is -2.48. The molecule has 3 aliphatic carbocycles. The number of hydrogen-bond donors (Lipinski definition) is 2. The Morgan fingerprint density at radius 2 is 2.10 bits per heavy atom. The van der Waals surface area contributed by atoms with E-state index >= 15 is 0 Å². The second kappa shape index (κ2) is 7.31. The third-order valence-corrected chi connectivity index (χ3v) is 8.78. The Kier molecular flexibility index (Phi) is 4.94. The van der Waals surface area contributed by atoms with E-state index in [1.165, 1.54) is 7.11 Å². The second-order valence-corrected chi connectivity index (χ2v) is 10.1. The number of hydrogen-bond acceptors (Lipinski definition) is 6. The number of allylic oxidation sites excluding steroid dienone is 2. The van der Waals surface area contributed by atoms with Crippen LogP contribution < -0.4 is 5.32 Å². The van der Waals surface area contributed by atoms with Gasteiger partial charge in [0, 0.05) is 60.5 Å². The van der Waals surface area contributed by atoms with E-state index in [0.29, 0.717) is 29.5 Å². The van der Waals surface area contributed by atoms with Crippen LogP contribution in [0.15, 0.2) is 33.6 Å². The lowest BCUT2D eigenvalue weighted by molar-refractivity contribution is -0.136. The van der Waals surface area contributed by atoms with Crippen molar-refractivity contribution in [2.45, 2.75) is 52.5 Å². The Hall–Kier alpha value is -1.92. The number of piperidine rings is 1. The van der Waals surface area contributed by atoms with Crippen LogP contribution in [0.2, 0.25) is 0 Å². The fourth-order valence-electron chi connectivity index (χ4n) is 7.45. The number of carbonyl (C=O) groups excluding carboxylic acids is 2. The summed E-state index contributed by atoms with van der Waals surface area (Å²) in [4.78, 5) is 29.8. The van der Waals surface area contributed by atoms with Crippen molar-refractivity contribution >= 4 is 11.8 Å². The maximum Gasteiger partial charge on any atom is 0.338 e. The maximum atomic E-state index is 14.1. The van der Waals surface area contributed by atoms with Crippen molar-refractivity contribution in [1.82, 2.24) is 10.2 Å². The predicted octanol–water partition coefficient (Wildman–Crippen LogP) is 2.35. The number of Topliss-reactive ketones (excluding diaryl/α,β-unsaturated/α-hetero) is 1. The molecule has 0 aromatic rings. The molecular formula is C25H34N2O4. The van der Waals surface area contributed by atoms with Crippen molar-refractivity contribution in [1.29, 1.82) is 0 Å². The molecule has 2 fully saturated rings. The zero-order valence-corrected chi connectivity index (χ0v) is 19.1. The van der Waals surface area contributed by atoms with Crippen LogP contribution in [0.4, 0.5) is 0 Å². The minimum absolute atomic E-state index is 0.0665. The summed E-state index contributed by atoms with van der Waals surface area (Å²) >= 11 is 0. The number of rotatable bonds is 5.